The Labute approximate surface area is 132 Å². The molecule has 6 nitrogen and oxygen atoms in total. The highest BCUT2D eigenvalue weighted by atomic mass is 35.5. The Morgan fingerprint density at radius 2 is 2.09 bits per heavy atom. The molecule has 8 heteroatoms. The Bertz CT molecular complexity index is 839. The second kappa shape index (κ2) is 5.40. The number of carbonyl (C=O) groups is 1. The number of nitrogens with zero attached hydrogens (tertiary/aromatic N) is 1. The first kappa shape index (κ1) is 15.1. The fourth-order valence-electron chi connectivity index (χ4n) is 2.12. The van der Waals surface area contributed by atoms with Gasteiger partial charge in [0.2, 0.25) is 5.78 Å². The number of carbonyl (C=O) groups excluding carboxylic acids is 1. The van der Waals surface area contributed by atoms with Crippen LogP contribution in [0.1, 0.15) is 40.4 Å². The van der Waals surface area contributed by atoms with Crippen molar-refractivity contribution in [1.29, 1.82) is 0 Å². The summed E-state index contributed by atoms with van der Waals surface area (Å²) in [6.07, 6.45) is 4.13. The van der Waals surface area contributed by atoms with Crippen LogP contribution in [0.25, 0.3) is 0 Å². The normalized spacial score (nSPS) is 14.8. The molecule has 0 saturated heterocycles. The molecule has 1 saturated carbocycles. The molecule has 1 aromatic heterocycles. The minimum absolute atomic E-state index is 0.0584. The number of halogens is 1. The molecule has 116 valence electrons. The van der Waals surface area contributed by atoms with Gasteiger partial charge in [0.1, 0.15) is 0 Å². The monoisotopic (exact) mass is 341 g/mol. The van der Waals surface area contributed by atoms with Crippen LogP contribution in [0.15, 0.2) is 28.9 Å². The Morgan fingerprint density at radius 3 is 2.73 bits per heavy atom. The van der Waals surface area contributed by atoms with Gasteiger partial charge in [-0.1, -0.05) is 16.8 Å². The van der Waals surface area contributed by atoms with Gasteiger partial charge in [-0.05, 0) is 31.0 Å². The van der Waals surface area contributed by atoms with E-state index in [1.54, 1.807) is 0 Å². The highest BCUT2D eigenvalue weighted by molar-refractivity contribution is 7.86. The molecular weight excluding hydrogens is 330 g/mol. The average molecular weight is 342 g/mol. The molecule has 0 amide bonds. The van der Waals surface area contributed by atoms with Crippen LogP contribution in [0.2, 0.25) is 5.02 Å². The van der Waals surface area contributed by atoms with Crippen LogP contribution in [0, 0.1) is 0 Å². The van der Waals surface area contributed by atoms with Gasteiger partial charge >= 0.3 is 10.1 Å². The summed E-state index contributed by atoms with van der Waals surface area (Å²) < 4.78 is 32.7. The van der Waals surface area contributed by atoms with Crippen LogP contribution < -0.4 is 4.18 Å². The lowest BCUT2D eigenvalue weighted by molar-refractivity contribution is 0.103. The molecule has 2 aromatic rings. The molecule has 22 heavy (non-hydrogen) atoms. The van der Waals surface area contributed by atoms with E-state index in [9.17, 15) is 13.2 Å². The lowest BCUT2D eigenvalue weighted by Crippen LogP contribution is -2.11. The van der Waals surface area contributed by atoms with E-state index in [0.29, 0.717) is 16.3 Å². The zero-order valence-electron chi connectivity index (χ0n) is 11.6. The molecule has 0 unspecified atom stereocenters. The number of ketones is 1. The number of hydrogen-bond donors (Lipinski definition) is 0. The summed E-state index contributed by atoms with van der Waals surface area (Å²) in [4.78, 5) is 12.7. The highest BCUT2D eigenvalue weighted by Crippen LogP contribution is 2.42. The van der Waals surface area contributed by atoms with Crippen molar-refractivity contribution >= 4 is 27.5 Å². The standard InChI is InChI=1S/C14H12ClNO5S/c1-22(18,19)21-12-5-4-9(15)6-10(12)13(17)11-7-16-20-14(11)8-2-3-8/h4-8H,2-3H2,1H3. The zero-order chi connectivity index (χ0) is 15.9. The molecule has 0 N–H and O–H groups in total. The van der Waals surface area contributed by atoms with Gasteiger partial charge in [-0.3, -0.25) is 4.79 Å². The topological polar surface area (TPSA) is 86.5 Å². The molecule has 0 aliphatic heterocycles. The molecule has 1 aliphatic carbocycles. The van der Waals surface area contributed by atoms with Gasteiger partial charge < -0.3 is 8.71 Å². The number of benzene rings is 1. The van der Waals surface area contributed by atoms with Crippen LogP contribution in [0.3, 0.4) is 0 Å². The zero-order valence-corrected chi connectivity index (χ0v) is 13.1. The third-order valence-electron chi connectivity index (χ3n) is 3.22. The van der Waals surface area contributed by atoms with Crippen molar-refractivity contribution in [2.45, 2.75) is 18.8 Å². The summed E-state index contributed by atoms with van der Waals surface area (Å²) in [6.45, 7) is 0. The van der Waals surface area contributed by atoms with Gasteiger partial charge in [-0.2, -0.15) is 8.42 Å². The highest BCUT2D eigenvalue weighted by Gasteiger charge is 2.33. The van der Waals surface area contributed by atoms with Gasteiger partial charge in [-0.15, -0.1) is 0 Å². The molecule has 1 fully saturated rings. The smallest absolute Gasteiger partial charge is 0.306 e. The van der Waals surface area contributed by atoms with E-state index in [1.807, 2.05) is 0 Å². The Hall–Kier alpha value is -1.86. The fraction of sp³-hybridized carbons (Fsp3) is 0.286. The van der Waals surface area contributed by atoms with Crippen LogP contribution in [0.5, 0.6) is 5.75 Å². The largest absolute Gasteiger partial charge is 0.382 e. The quantitative estimate of drug-likeness (QED) is 0.614. The minimum Gasteiger partial charge on any atom is -0.382 e. The Balaban J connectivity index is 2.04. The average Bonchev–Trinajstić information content (AvgIpc) is 3.16. The molecule has 0 bridgehead atoms. The second-order valence-corrected chi connectivity index (χ2v) is 7.15. The van der Waals surface area contributed by atoms with Crippen LogP contribution in [-0.2, 0) is 10.1 Å². The number of rotatable bonds is 5. The fourth-order valence-corrected chi connectivity index (χ4v) is 2.76. The van der Waals surface area contributed by atoms with Gasteiger partial charge in [-0.25, -0.2) is 0 Å². The van der Waals surface area contributed by atoms with E-state index in [-0.39, 0.29) is 17.2 Å². The SMILES string of the molecule is CS(=O)(=O)Oc1ccc(Cl)cc1C(=O)c1cnoc1C1CC1. The van der Waals surface area contributed by atoms with Gasteiger partial charge in [0.05, 0.1) is 23.6 Å². The first-order chi connectivity index (χ1) is 10.3. The van der Waals surface area contributed by atoms with Gasteiger partial charge in [0, 0.05) is 10.9 Å². The Morgan fingerprint density at radius 1 is 1.36 bits per heavy atom. The lowest BCUT2D eigenvalue weighted by atomic mass is 10.0. The van der Waals surface area contributed by atoms with Crippen molar-refractivity contribution < 1.29 is 21.9 Å². The van der Waals surface area contributed by atoms with E-state index in [2.05, 4.69) is 5.16 Å². The summed E-state index contributed by atoms with van der Waals surface area (Å²) in [7, 11) is -3.76. The van der Waals surface area contributed by atoms with Gasteiger partial charge in [0.25, 0.3) is 0 Å². The molecule has 3 rings (SSSR count). The van der Waals surface area contributed by atoms with Crippen molar-refractivity contribution in [3.8, 4) is 5.75 Å². The molecule has 1 heterocycles. The summed E-state index contributed by atoms with van der Waals surface area (Å²) in [5.41, 5.74) is 0.367. The van der Waals surface area contributed by atoms with E-state index < -0.39 is 15.9 Å². The summed E-state index contributed by atoms with van der Waals surface area (Å²) in [5.74, 6) is 0.222. The maximum atomic E-state index is 12.7. The first-order valence-corrected chi connectivity index (χ1v) is 8.73. The summed E-state index contributed by atoms with van der Waals surface area (Å²) in [6, 6.07) is 4.17. The maximum absolute atomic E-state index is 12.7. The second-order valence-electron chi connectivity index (χ2n) is 5.14. The van der Waals surface area contributed by atoms with Crippen molar-refractivity contribution in [2.24, 2.45) is 0 Å². The van der Waals surface area contributed by atoms with Crippen molar-refractivity contribution in [3.05, 3.63) is 46.3 Å². The Kier molecular flexibility index (Phi) is 3.70. The molecule has 1 aromatic carbocycles. The van der Waals surface area contributed by atoms with Crippen LogP contribution >= 0.6 is 11.6 Å². The van der Waals surface area contributed by atoms with Crippen molar-refractivity contribution in [2.75, 3.05) is 6.26 Å². The predicted octanol–water partition coefficient (Wildman–Crippen LogP) is 2.77. The maximum Gasteiger partial charge on any atom is 0.306 e. The first-order valence-electron chi connectivity index (χ1n) is 6.53. The van der Waals surface area contributed by atoms with E-state index in [1.165, 1.54) is 24.4 Å². The van der Waals surface area contributed by atoms with Crippen LogP contribution in [0.4, 0.5) is 0 Å². The number of hydrogen-bond acceptors (Lipinski definition) is 6. The molecule has 1 aliphatic rings. The summed E-state index contributed by atoms with van der Waals surface area (Å²) >= 11 is 5.91. The van der Waals surface area contributed by atoms with Crippen molar-refractivity contribution in [1.82, 2.24) is 5.16 Å². The van der Waals surface area contributed by atoms with E-state index >= 15 is 0 Å². The lowest BCUT2D eigenvalue weighted by Gasteiger charge is -2.09. The minimum atomic E-state index is -3.76. The predicted molar refractivity (Wildman–Crippen MR) is 78.8 cm³/mol. The third-order valence-corrected chi connectivity index (χ3v) is 3.94. The van der Waals surface area contributed by atoms with Crippen LogP contribution in [-0.4, -0.2) is 25.6 Å². The molecule has 0 spiro atoms. The van der Waals surface area contributed by atoms with Crippen molar-refractivity contribution in [3.63, 3.8) is 0 Å². The summed E-state index contributed by atoms with van der Waals surface area (Å²) in [5, 5.41) is 3.97. The van der Waals surface area contributed by atoms with E-state index in [0.717, 1.165) is 19.1 Å². The number of aromatic nitrogens is 1. The molecule has 0 atom stereocenters. The molecule has 0 radical (unpaired) electrons. The van der Waals surface area contributed by atoms with Gasteiger partial charge in [0.15, 0.2) is 11.5 Å². The molecular formula is C14H12ClNO5S. The third kappa shape index (κ3) is 3.15. The van der Waals surface area contributed by atoms with E-state index in [4.69, 9.17) is 20.3 Å².